The van der Waals surface area contributed by atoms with E-state index in [4.69, 9.17) is 0 Å². The summed E-state index contributed by atoms with van der Waals surface area (Å²) in [6.45, 7) is 0. The molecule has 1 heterocycles. The highest BCUT2D eigenvalue weighted by atomic mass is 79.9. The van der Waals surface area contributed by atoms with Gasteiger partial charge in [0.05, 0.1) is 9.99 Å². The average Bonchev–Trinajstić information content (AvgIpc) is 2.76. The van der Waals surface area contributed by atoms with Crippen molar-refractivity contribution in [1.82, 2.24) is 9.97 Å². The minimum atomic E-state index is -0.723. The lowest BCUT2D eigenvalue weighted by Crippen LogP contribution is -1.81. The van der Waals surface area contributed by atoms with Crippen molar-refractivity contribution in [2.24, 2.45) is 0 Å². The second kappa shape index (κ2) is 4.31. The monoisotopic (exact) mass is 324 g/mol. The number of hydrogen-bond donors (Lipinski definition) is 2. The Kier molecular flexibility index (Phi) is 2.74. The minimum Gasteiger partial charge on any atom is -0.507 e. The number of nitrogens with zero attached hydrogens (tertiary/aromatic N) is 1. The molecule has 6 heteroatoms. The Bertz CT molecular complexity index is 786. The second-order valence-corrected chi connectivity index (χ2v) is 4.89. The van der Waals surface area contributed by atoms with Crippen LogP contribution in [0.4, 0.5) is 8.78 Å². The van der Waals surface area contributed by atoms with E-state index in [-0.39, 0.29) is 16.8 Å². The van der Waals surface area contributed by atoms with Gasteiger partial charge in [0.15, 0.2) is 5.82 Å². The van der Waals surface area contributed by atoms with E-state index in [0.29, 0.717) is 15.9 Å². The summed E-state index contributed by atoms with van der Waals surface area (Å²) in [6.07, 6.45) is 0. The van der Waals surface area contributed by atoms with Crippen LogP contribution in [-0.4, -0.2) is 15.1 Å². The lowest BCUT2D eigenvalue weighted by atomic mass is 10.2. The summed E-state index contributed by atoms with van der Waals surface area (Å²) in [6, 6.07) is 6.79. The van der Waals surface area contributed by atoms with Gasteiger partial charge < -0.3 is 10.1 Å². The zero-order valence-corrected chi connectivity index (χ0v) is 11.0. The van der Waals surface area contributed by atoms with Crippen LogP contribution in [0.5, 0.6) is 5.75 Å². The predicted molar refractivity (Wildman–Crippen MR) is 70.8 cm³/mol. The largest absolute Gasteiger partial charge is 0.507 e. The molecule has 0 amide bonds. The summed E-state index contributed by atoms with van der Waals surface area (Å²) in [4.78, 5) is 6.89. The quantitative estimate of drug-likeness (QED) is 0.711. The minimum absolute atomic E-state index is 0.0459. The first-order chi connectivity index (χ1) is 9.04. The summed E-state index contributed by atoms with van der Waals surface area (Å²) in [7, 11) is 0. The van der Waals surface area contributed by atoms with Crippen molar-refractivity contribution in [2.75, 3.05) is 0 Å². The number of aromatic amines is 1. The molecule has 2 N–H and O–H groups in total. The molecule has 0 saturated carbocycles. The number of phenolic OH excluding ortho intramolecular Hbond substituents is 1. The summed E-state index contributed by atoms with van der Waals surface area (Å²) >= 11 is 3.17. The first-order valence-electron chi connectivity index (χ1n) is 5.38. The van der Waals surface area contributed by atoms with Crippen LogP contribution in [0.2, 0.25) is 0 Å². The fourth-order valence-corrected chi connectivity index (χ4v) is 2.09. The Balaban J connectivity index is 2.20. The highest BCUT2D eigenvalue weighted by Gasteiger charge is 2.12. The van der Waals surface area contributed by atoms with Crippen molar-refractivity contribution in [3.8, 4) is 17.1 Å². The maximum absolute atomic E-state index is 13.5. The first kappa shape index (κ1) is 12.1. The van der Waals surface area contributed by atoms with Gasteiger partial charge in [-0.25, -0.2) is 13.8 Å². The molecule has 3 nitrogen and oxygen atoms in total. The third-order valence-electron chi connectivity index (χ3n) is 2.72. The van der Waals surface area contributed by atoms with E-state index in [9.17, 15) is 13.9 Å². The van der Waals surface area contributed by atoms with Gasteiger partial charge in [0.25, 0.3) is 0 Å². The molecular weight excluding hydrogens is 318 g/mol. The SMILES string of the molecule is Oc1cc(-c2nc3c(F)cc(F)cc3[nH]2)ccc1Br. The van der Waals surface area contributed by atoms with Gasteiger partial charge in [0, 0.05) is 11.6 Å². The molecule has 96 valence electrons. The molecule has 2 aromatic carbocycles. The molecule has 3 rings (SSSR count). The topological polar surface area (TPSA) is 48.9 Å². The smallest absolute Gasteiger partial charge is 0.153 e. The maximum Gasteiger partial charge on any atom is 0.153 e. The van der Waals surface area contributed by atoms with Crippen molar-refractivity contribution in [1.29, 1.82) is 0 Å². The van der Waals surface area contributed by atoms with Gasteiger partial charge in [-0.3, -0.25) is 0 Å². The molecular formula is C13H7BrF2N2O. The Morgan fingerprint density at radius 1 is 1.16 bits per heavy atom. The van der Waals surface area contributed by atoms with Crippen LogP contribution < -0.4 is 0 Å². The predicted octanol–water partition coefficient (Wildman–Crippen LogP) is 3.98. The number of rotatable bonds is 1. The Hall–Kier alpha value is -1.95. The number of hydrogen-bond acceptors (Lipinski definition) is 2. The molecule has 0 bridgehead atoms. The molecule has 0 atom stereocenters. The van der Waals surface area contributed by atoms with Crippen molar-refractivity contribution >= 4 is 27.0 Å². The number of nitrogens with one attached hydrogen (secondary N) is 1. The van der Waals surface area contributed by atoms with Crippen LogP contribution >= 0.6 is 15.9 Å². The van der Waals surface area contributed by atoms with Gasteiger partial charge in [0.1, 0.15) is 22.9 Å². The van der Waals surface area contributed by atoms with Gasteiger partial charge in [-0.2, -0.15) is 0 Å². The fourth-order valence-electron chi connectivity index (χ4n) is 1.84. The van der Waals surface area contributed by atoms with E-state index >= 15 is 0 Å². The highest BCUT2D eigenvalue weighted by molar-refractivity contribution is 9.10. The number of phenols is 1. The van der Waals surface area contributed by atoms with Crippen molar-refractivity contribution in [3.63, 3.8) is 0 Å². The number of aromatic hydroxyl groups is 1. The number of benzene rings is 2. The molecule has 0 aliphatic rings. The molecule has 0 aliphatic carbocycles. The van der Waals surface area contributed by atoms with E-state index in [0.717, 1.165) is 6.07 Å². The summed E-state index contributed by atoms with van der Waals surface area (Å²) < 4.78 is 27.2. The number of halogens is 3. The zero-order chi connectivity index (χ0) is 13.6. The van der Waals surface area contributed by atoms with Crippen molar-refractivity contribution in [2.45, 2.75) is 0 Å². The van der Waals surface area contributed by atoms with Gasteiger partial charge in [0.2, 0.25) is 0 Å². The summed E-state index contributed by atoms with van der Waals surface area (Å²) in [5.74, 6) is -0.982. The Morgan fingerprint density at radius 3 is 2.68 bits per heavy atom. The molecule has 0 spiro atoms. The lowest BCUT2D eigenvalue weighted by Gasteiger charge is -1.99. The Labute approximate surface area is 115 Å². The zero-order valence-electron chi connectivity index (χ0n) is 9.42. The lowest BCUT2D eigenvalue weighted by molar-refractivity contribution is 0.472. The fraction of sp³-hybridized carbons (Fsp3) is 0. The van der Waals surface area contributed by atoms with Crippen LogP contribution in [0.3, 0.4) is 0 Å². The van der Waals surface area contributed by atoms with Crippen LogP contribution in [0.1, 0.15) is 0 Å². The van der Waals surface area contributed by atoms with Gasteiger partial charge >= 0.3 is 0 Å². The summed E-state index contributed by atoms with van der Waals surface area (Å²) in [5.41, 5.74) is 0.922. The maximum atomic E-state index is 13.5. The highest BCUT2D eigenvalue weighted by Crippen LogP contribution is 2.30. The van der Waals surface area contributed by atoms with E-state index in [1.54, 1.807) is 12.1 Å². The number of aromatic nitrogens is 2. The van der Waals surface area contributed by atoms with Crippen LogP contribution in [0, 0.1) is 11.6 Å². The molecule has 3 aromatic rings. The standard InChI is InChI=1S/C13H7BrF2N2O/c14-8-2-1-6(3-11(8)19)13-17-10-5-7(15)4-9(16)12(10)18-13/h1-5,19H,(H,17,18). The molecule has 0 unspecified atom stereocenters. The average molecular weight is 325 g/mol. The molecule has 1 aromatic heterocycles. The van der Waals surface area contributed by atoms with Crippen LogP contribution in [0.15, 0.2) is 34.8 Å². The van der Waals surface area contributed by atoms with E-state index in [1.807, 2.05) is 0 Å². The van der Waals surface area contributed by atoms with Gasteiger partial charge in [-0.15, -0.1) is 0 Å². The second-order valence-electron chi connectivity index (χ2n) is 4.04. The molecule has 0 radical (unpaired) electrons. The number of imidazole rings is 1. The molecule has 19 heavy (non-hydrogen) atoms. The normalized spacial score (nSPS) is 11.1. The molecule has 0 aliphatic heterocycles. The number of fused-ring (bicyclic) bond motifs is 1. The van der Waals surface area contributed by atoms with Crippen molar-refractivity contribution in [3.05, 3.63) is 46.4 Å². The van der Waals surface area contributed by atoms with Crippen molar-refractivity contribution < 1.29 is 13.9 Å². The van der Waals surface area contributed by atoms with Crippen LogP contribution in [0.25, 0.3) is 22.4 Å². The first-order valence-corrected chi connectivity index (χ1v) is 6.17. The van der Waals surface area contributed by atoms with E-state index in [1.165, 1.54) is 12.1 Å². The van der Waals surface area contributed by atoms with Gasteiger partial charge in [-0.05, 0) is 40.2 Å². The van der Waals surface area contributed by atoms with E-state index < -0.39 is 11.6 Å². The molecule has 0 saturated heterocycles. The van der Waals surface area contributed by atoms with E-state index in [2.05, 4.69) is 25.9 Å². The third kappa shape index (κ3) is 2.08. The molecule has 0 fully saturated rings. The third-order valence-corrected chi connectivity index (χ3v) is 3.39. The van der Waals surface area contributed by atoms with Gasteiger partial charge in [-0.1, -0.05) is 0 Å². The summed E-state index contributed by atoms with van der Waals surface area (Å²) in [5, 5.41) is 9.61. The van der Waals surface area contributed by atoms with Crippen LogP contribution in [-0.2, 0) is 0 Å². The Morgan fingerprint density at radius 2 is 1.95 bits per heavy atom. The number of H-pyrrole nitrogens is 1.